The van der Waals surface area contributed by atoms with E-state index in [4.69, 9.17) is 9.47 Å². The molecule has 330 valence electrons. The van der Waals surface area contributed by atoms with Crippen LogP contribution in [0.2, 0.25) is 0 Å². The van der Waals surface area contributed by atoms with Gasteiger partial charge in [0, 0.05) is 25.2 Å². The number of hydrogen-bond donors (Lipinski definition) is 4. The number of aliphatic hydroxyl groups is 4. The average molecular weight is 795 g/mol. The van der Waals surface area contributed by atoms with E-state index in [-0.39, 0.29) is 43.4 Å². The summed E-state index contributed by atoms with van der Waals surface area (Å²) in [6.07, 6.45) is 36.3. The maximum Gasteiger partial charge on any atom is 0.305 e. The maximum atomic E-state index is 12.1. The van der Waals surface area contributed by atoms with Crippen LogP contribution in [-0.2, 0) is 19.1 Å². The van der Waals surface area contributed by atoms with Crippen molar-refractivity contribution in [3.05, 3.63) is 12.2 Å². The van der Waals surface area contributed by atoms with Crippen molar-refractivity contribution in [2.45, 2.75) is 251 Å². The van der Waals surface area contributed by atoms with Gasteiger partial charge in [0.2, 0.25) is 0 Å². The van der Waals surface area contributed by atoms with Crippen LogP contribution in [-0.4, -0.2) is 70.0 Å². The molecule has 0 aromatic carbocycles. The number of esters is 2. The van der Waals surface area contributed by atoms with E-state index in [1.807, 2.05) is 6.08 Å². The molecule has 0 heterocycles. The summed E-state index contributed by atoms with van der Waals surface area (Å²) < 4.78 is 10.4. The Morgan fingerprint density at radius 3 is 1.48 bits per heavy atom. The third-order valence-corrected chi connectivity index (χ3v) is 12.1. The number of carbonyl (C=O) groups excluding carboxylic acids is 2. The molecule has 0 aromatic rings. The first-order valence-electron chi connectivity index (χ1n) is 23.9. The quantitative estimate of drug-likeness (QED) is 0.0275. The van der Waals surface area contributed by atoms with Gasteiger partial charge in [0.15, 0.2) is 0 Å². The van der Waals surface area contributed by atoms with Crippen LogP contribution in [0.3, 0.4) is 0 Å². The largest absolute Gasteiger partial charge is 0.463 e. The molecule has 0 amide bonds. The number of hydrogen-bond acceptors (Lipinski definition) is 8. The molecular weight excluding hydrogens is 705 g/mol. The number of rotatable bonds is 39. The molecule has 1 aliphatic carbocycles. The van der Waals surface area contributed by atoms with Crippen molar-refractivity contribution >= 4 is 11.9 Å². The minimum Gasteiger partial charge on any atom is -0.463 e. The highest BCUT2D eigenvalue weighted by atomic mass is 16.6. The molecule has 0 radical (unpaired) electrons. The zero-order valence-electron chi connectivity index (χ0n) is 36.7. The molecule has 8 heteroatoms. The Labute approximate surface area is 344 Å². The predicted octanol–water partition coefficient (Wildman–Crippen LogP) is 11.5. The highest BCUT2D eigenvalue weighted by Gasteiger charge is 2.39. The van der Waals surface area contributed by atoms with Crippen LogP contribution in [0.25, 0.3) is 0 Å². The normalized spacial score (nSPS) is 20.1. The zero-order chi connectivity index (χ0) is 41.1. The highest BCUT2D eigenvalue weighted by Crippen LogP contribution is 2.37. The van der Waals surface area contributed by atoms with Gasteiger partial charge in [-0.05, 0) is 37.5 Å². The van der Waals surface area contributed by atoms with Crippen molar-refractivity contribution in [2.24, 2.45) is 17.8 Å². The smallest absolute Gasteiger partial charge is 0.305 e. The molecule has 1 aliphatic rings. The van der Waals surface area contributed by atoms with E-state index in [1.165, 1.54) is 109 Å². The zero-order valence-corrected chi connectivity index (χ0v) is 36.7. The molecule has 0 saturated heterocycles. The second-order valence-electron chi connectivity index (χ2n) is 17.4. The summed E-state index contributed by atoms with van der Waals surface area (Å²) in [5, 5.41) is 41.3. The molecule has 1 fully saturated rings. The average Bonchev–Trinajstić information content (AvgIpc) is 3.46. The standard InChI is InChI=1S/C48H90O8/c1-4-6-25-31-41(49)35-36-44-43(45(51)37-46(44)52)32-27-23-24-29-34-48(54)56-39-42(50)38-55-47(53)33-28-22-20-18-16-14-12-10-8-7-9-11-13-15-17-19-21-26-30-40(3)5-2/h35-36,40-46,49-52H,4-34,37-39H2,1-3H3/b36-35+/t40?,41-,42+,43+,44+,45-,46+/m0/s1. The van der Waals surface area contributed by atoms with Crippen LogP contribution >= 0.6 is 0 Å². The van der Waals surface area contributed by atoms with Gasteiger partial charge in [-0.25, -0.2) is 0 Å². The van der Waals surface area contributed by atoms with Gasteiger partial charge in [0.25, 0.3) is 0 Å². The van der Waals surface area contributed by atoms with E-state index in [0.717, 1.165) is 76.5 Å². The molecule has 0 aliphatic heterocycles. The summed E-state index contributed by atoms with van der Waals surface area (Å²) in [7, 11) is 0. The Bertz CT molecular complexity index is 940. The SMILES string of the molecule is CCCCC[C@H](O)/C=C/[C@@H]1[C@@H](CCCCCCC(=O)OC[C@H](O)COC(=O)CCCCCCCCCCCCCCCCCCCCC(C)CC)[C@@H](O)C[C@H]1O. The van der Waals surface area contributed by atoms with Gasteiger partial charge >= 0.3 is 11.9 Å². The van der Waals surface area contributed by atoms with Crippen LogP contribution in [0.1, 0.15) is 226 Å². The molecular formula is C48H90O8. The maximum absolute atomic E-state index is 12.1. The lowest BCUT2D eigenvalue weighted by Crippen LogP contribution is -2.25. The summed E-state index contributed by atoms with van der Waals surface area (Å²) in [6.45, 7) is 6.46. The molecule has 0 spiro atoms. The van der Waals surface area contributed by atoms with Crippen LogP contribution in [0.5, 0.6) is 0 Å². The molecule has 4 N–H and O–H groups in total. The van der Waals surface area contributed by atoms with Gasteiger partial charge in [0.05, 0.1) is 18.3 Å². The molecule has 7 atom stereocenters. The molecule has 56 heavy (non-hydrogen) atoms. The topological polar surface area (TPSA) is 134 Å². The van der Waals surface area contributed by atoms with E-state index < -0.39 is 24.4 Å². The van der Waals surface area contributed by atoms with Crippen LogP contribution in [0.15, 0.2) is 12.2 Å². The summed E-state index contributed by atoms with van der Waals surface area (Å²) in [6, 6.07) is 0. The Morgan fingerprint density at radius 1 is 0.589 bits per heavy atom. The van der Waals surface area contributed by atoms with E-state index >= 15 is 0 Å². The van der Waals surface area contributed by atoms with E-state index in [2.05, 4.69) is 20.8 Å². The van der Waals surface area contributed by atoms with Crippen molar-refractivity contribution in [2.75, 3.05) is 13.2 Å². The lowest BCUT2D eigenvalue weighted by Gasteiger charge is -2.21. The van der Waals surface area contributed by atoms with E-state index in [1.54, 1.807) is 6.08 Å². The van der Waals surface area contributed by atoms with Gasteiger partial charge in [-0.1, -0.05) is 193 Å². The van der Waals surface area contributed by atoms with Gasteiger partial charge in [0.1, 0.15) is 19.3 Å². The minimum atomic E-state index is -1.03. The summed E-state index contributed by atoms with van der Waals surface area (Å²) in [5.74, 6) is 0.0386. The lowest BCUT2D eigenvalue weighted by atomic mass is 9.88. The second-order valence-corrected chi connectivity index (χ2v) is 17.4. The van der Waals surface area contributed by atoms with Crippen LogP contribution in [0, 0.1) is 17.8 Å². The fourth-order valence-electron chi connectivity index (χ4n) is 8.10. The first-order chi connectivity index (χ1) is 27.2. The van der Waals surface area contributed by atoms with Crippen LogP contribution in [0.4, 0.5) is 0 Å². The first kappa shape index (κ1) is 52.5. The summed E-state index contributed by atoms with van der Waals surface area (Å²) >= 11 is 0. The number of aliphatic hydroxyl groups excluding tert-OH is 4. The third kappa shape index (κ3) is 29.7. The minimum absolute atomic E-state index is 0.0300. The number of carbonyl (C=O) groups is 2. The van der Waals surface area contributed by atoms with Crippen LogP contribution < -0.4 is 0 Å². The van der Waals surface area contributed by atoms with E-state index in [9.17, 15) is 30.0 Å². The highest BCUT2D eigenvalue weighted by molar-refractivity contribution is 5.69. The number of ether oxygens (including phenoxy) is 2. The van der Waals surface area contributed by atoms with Crippen molar-refractivity contribution in [1.29, 1.82) is 0 Å². The van der Waals surface area contributed by atoms with Crippen molar-refractivity contribution in [3.63, 3.8) is 0 Å². The van der Waals surface area contributed by atoms with Gasteiger partial charge in [-0.3, -0.25) is 9.59 Å². The Balaban J connectivity index is 1.92. The van der Waals surface area contributed by atoms with Crippen molar-refractivity contribution in [1.82, 2.24) is 0 Å². The fourth-order valence-corrected chi connectivity index (χ4v) is 8.10. The van der Waals surface area contributed by atoms with Gasteiger partial charge < -0.3 is 29.9 Å². The second kappa shape index (κ2) is 36.6. The first-order valence-corrected chi connectivity index (χ1v) is 23.9. The molecule has 1 unspecified atom stereocenters. The third-order valence-electron chi connectivity index (χ3n) is 12.1. The summed E-state index contributed by atoms with van der Waals surface area (Å²) in [5.41, 5.74) is 0. The Hall–Kier alpha value is -1.48. The van der Waals surface area contributed by atoms with Gasteiger partial charge in [-0.15, -0.1) is 0 Å². The lowest BCUT2D eigenvalue weighted by molar-refractivity contribution is -0.152. The van der Waals surface area contributed by atoms with Gasteiger partial charge in [-0.2, -0.15) is 0 Å². The summed E-state index contributed by atoms with van der Waals surface area (Å²) in [4.78, 5) is 24.2. The number of unbranched alkanes of at least 4 members (excludes halogenated alkanes) is 22. The Morgan fingerprint density at radius 2 is 1.02 bits per heavy atom. The monoisotopic (exact) mass is 795 g/mol. The Kier molecular flexibility index (Phi) is 34.3. The molecule has 0 bridgehead atoms. The fraction of sp³-hybridized carbons (Fsp3) is 0.917. The molecule has 1 rings (SSSR count). The molecule has 0 aromatic heterocycles. The van der Waals surface area contributed by atoms with Crippen molar-refractivity contribution < 1.29 is 39.5 Å². The predicted molar refractivity (Wildman–Crippen MR) is 230 cm³/mol. The van der Waals surface area contributed by atoms with Crippen molar-refractivity contribution in [3.8, 4) is 0 Å². The molecule has 8 nitrogen and oxygen atoms in total. The van der Waals surface area contributed by atoms with E-state index in [0.29, 0.717) is 19.3 Å². The molecule has 1 saturated carbocycles.